The lowest BCUT2D eigenvalue weighted by atomic mass is 9.85. The van der Waals surface area contributed by atoms with Gasteiger partial charge in [0.05, 0.1) is 6.10 Å². The normalized spacial score (nSPS) is 38.0. The Morgan fingerprint density at radius 3 is 2.55 bits per heavy atom. The van der Waals surface area contributed by atoms with Crippen LogP contribution >= 0.6 is 0 Å². The minimum atomic E-state index is -0.598. The van der Waals surface area contributed by atoms with Crippen molar-refractivity contribution >= 4 is 11.8 Å². The van der Waals surface area contributed by atoms with Crippen LogP contribution < -0.4 is 0 Å². The molecule has 0 saturated heterocycles. The van der Waals surface area contributed by atoms with Crippen molar-refractivity contribution in [3.63, 3.8) is 0 Å². The summed E-state index contributed by atoms with van der Waals surface area (Å²) in [5.74, 6) is -0.552. The smallest absolute Gasteiger partial charge is 0.317 e. The van der Waals surface area contributed by atoms with E-state index in [1.807, 2.05) is 6.92 Å². The zero-order valence-electron chi connectivity index (χ0n) is 12.5. The van der Waals surface area contributed by atoms with Crippen LogP contribution in [0.5, 0.6) is 0 Å². The summed E-state index contributed by atoms with van der Waals surface area (Å²) in [6.07, 6.45) is 4.63. The maximum Gasteiger partial charge on any atom is 0.317 e. The number of rotatable bonds is 4. The van der Waals surface area contributed by atoms with E-state index in [1.165, 1.54) is 0 Å². The average Bonchev–Trinajstić information content (AvgIpc) is 2.77. The number of aliphatic hydroxyl groups excluding tert-OH is 1. The second-order valence-electron chi connectivity index (χ2n) is 6.22. The number of hydrogen-bond acceptors (Lipinski definition) is 4. The summed E-state index contributed by atoms with van der Waals surface area (Å²) >= 11 is 0. The lowest BCUT2D eigenvalue weighted by molar-refractivity contribution is -0.165. The van der Waals surface area contributed by atoms with Crippen LogP contribution in [-0.4, -0.2) is 29.1 Å². The van der Waals surface area contributed by atoms with Gasteiger partial charge in [-0.3, -0.25) is 9.59 Å². The molecule has 2 rings (SSSR count). The van der Waals surface area contributed by atoms with Crippen LogP contribution in [0.15, 0.2) is 0 Å². The second kappa shape index (κ2) is 6.70. The van der Waals surface area contributed by atoms with Gasteiger partial charge in [-0.25, -0.2) is 0 Å². The fraction of sp³-hybridized carbons (Fsp3) is 0.875. The summed E-state index contributed by atoms with van der Waals surface area (Å²) in [6, 6.07) is 0. The molecule has 2 fully saturated rings. The highest BCUT2D eigenvalue weighted by Crippen LogP contribution is 2.39. The van der Waals surface area contributed by atoms with Gasteiger partial charge in [-0.05, 0) is 31.1 Å². The molecule has 0 spiro atoms. The summed E-state index contributed by atoms with van der Waals surface area (Å²) < 4.78 is 5.47. The number of aliphatic hydroxyl groups is 1. The third kappa shape index (κ3) is 3.05. The van der Waals surface area contributed by atoms with E-state index in [-0.39, 0.29) is 11.7 Å². The van der Waals surface area contributed by atoms with E-state index >= 15 is 0 Å². The topological polar surface area (TPSA) is 63.6 Å². The number of hydrogen-bond donors (Lipinski definition) is 1. The predicted octanol–water partition coefficient (Wildman–Crippen LogP) is 2.47. The number of ketones is 1. The second-order valence-corrected chi connectivity index (χ2v) is 6.22. The fourth-order valence-corrected chi connectivity index (χ4v) is 3.81. The molecular weight excluding hydrogens is 256 g/mol. The molecule has 0 aliphatic heterocycles. The van der Waals surface area contributed by atoms with E-state index in [2.05, 4.69) is 6.92 Å². The summed E-state index contributed by atoms with van der Waals surface area (Å²) in [5.41, 5.74) is 0. The zero-order valence-corrected chi connectivity index (χ0v) is 12.5. The molecule has 0 radical (unpaired) electrons. The molecule has 2 aliphatic rings. The van der Waals surface area contributed by atoms with E-state index in [4.69, 9.17) is 4.74 Å². The first kappa shape index (κ1) is 15.5. The summed E-state index contributed by atoms with van der Waals surface area (Å²) in [6.45, 7) is 4.10. The molecule has 0 aromatic rings. The van der Waals surface area contributed by atoms with E-state index in [0.717, 1.165) is 25.7 Å². The van der Waals surface area contributed by atoms with Crippen LogP contribution in [0.25, 0.3) is 0 Å². The first-order valence-corrected chi connectivity index (χ1v) is 7.99. The third-order valence-electron chi connectivity index (χ3n) is 5.03. The minimum Gasteiger partial charge on any atom is -0.459 e. The van der Waals surface area contributed by atoms with Crippen molar-refractivity contribution in [2.24, 2.45) is 17.8 Å². The summed E-state index contributed by atoms with van der Waals surface area (Å²) in [4.78, 5) is 24.5. The largest absolute Gasteiger partial charge is 0.459 e. The first-order valence-electron chi connectivity index (χ1n) is 7.99. The van der Waals surface area contributed by atoms with Gasteiger partial charge in [0.15, 0.2) is 0 Å². The fourth-order valence-electron chi connectivity index (χ4n) is 3.81. The minimum absolute atomic E-state index is 0.0269. The Hall–Kier alpha value is -0.900. The van der Waals surface area contributed by atoms with E-state index < -0.39 is 24.1 Å². The zero-order chi connectivity index (χ0) is 14.7. The van der Waals surface area contributed by atoms with Crippen LogP contribution in [0.3, 0.4) is 0 Å². The van der Waals surface area contributed by atoms with Crippen molar-refractivity contribution in [1.29, 1.82) is 0 Å². The van der Waals surface area contributed by atoms with Gasteiger partial charge in [0.2, 0.25) is 0 Å². The van der Waals surface area contributed by atoms with Gasteiger partial charge in [-0.2, -0.15) is 0 Å². The van der Waals surface area contributed by atoms with Gasteiger partial charge in [0.1, 0.15) is 17.8 Å². The Kier molecular flexibility index (Phi) is 5.19. The van der Waals surface area contributed by atoms with Crippen LogP contribution in [0.4, 0.5) is 0 Å². The molecule has 0 heterocycles. The van der Waals surface area contributed by atoms with E-state index in [9.17, 15) is 14.7 Å². The molecule has 4 nitrogen and oxygen atoms in total. The van der Waals surface area contributed by atoms with Crippen molar-refractivity contribution in [2.75, 3.05) is 0 Å². The molecule has 4 heteroatoms. The maximum atomic E-state index is 12.3. The number of Topliss-reactive ketones (excluding diaryl/α,β-unsaturated/α-hetero) is 1. The van der Waals surface area contributed by atoms with Gasteiger partial charge >= 0.3 is 5.97 Å². The third-order valence-corrected chi connectivity index (χ3v) is 5.03. The molecule has 0 aromatic heterocycles. The highest BCUT2D eigenvalue weighted by molar-refractivity contribution is 6.01. The monoisotopic (exact) mass is 282 g/mol. The molecular formula is C16H26O4. The maximum absolute atomic E-state index is 12.3. The molecule has 114 valence electrons. The van der Waals surface area contributed by atoms with Crippen molar-refractivity contribution in [1.82, 2.24) is 0 Å². The highest BCUT2D eigenvalue weighted by Gasteiger charge is 2.46. The predicted molar refractivity (Wildman–Crippen MR) is 75.0 cm³/mol. The van der Waals surface area contributed by atoms with E-state index in [1.54, 1.807) is 0 Å². The number of ether oxygens (including phenoxy) is 1. The molecule has 0 bridgehead atoms. The number of carbonyl (C=O) groups excluding carboxylic acids is 2. The lowest BCUT2D eigenvalue weighted by Crippen LogP contribution is -2.38. The first-order chi connectivity index (χ1) is 9.58. The van der Waals surface area contributed by atoms with Gasteiger partial charge in [-0.15, -0.1) is 0 Å². The van der Waals surface area contributed by atoms with Crippen LogP contribution in [0, 0.1) is 17.8 Å². The van der Waals surface area contributed by atoms with Gasteiger partial charge < -0.3 is 9.84 Å². The van der Waals surface area contributed by atoms with Crippen LogP contribution in [-0.2, 0) is 14.3 Å². The lowest BCUT2D eigenvalue weighted by Gasteiger charge is -2.29. The molecule has 20 heavy (non-hydrogen) atoms. The summed E-state index contributed by atoms with van der Waals surface area (Å²) in [5, 5.41) is 9.89. The number of carbonyl (C=O) groups is 2. The van der Waals surface area contributed by atoms with Crippen molar-refractivity contribution in [2.45, 2.75) is 71.0 Å². The van der Waals surface area contributed by atoms with Gasteiger partial charge in [0, 0.05) is 6.42 Å². The standard InChI is InChI=1S/C16H26O4/c1-3-10-9-13(18)15(11(10)4-2)16(19)20-14-8-6-5-7-12(14)17/h10-12,14-15,17H,3-9H2,1-2H3/t10-,11+,12+,14+,15-/m0/s1. The summed E-state index contributed by atoms with van der Waals surface area (Å²) in [7, 11) is 0. The molecule has 2 aliphatic carbocycles. The average molecular weight is 282 g/mol. The molecule has 0 amide bonds. The highest BCUT2D eigenvalue weighted by atomic mass is 16.6. The van der Waals surface area contributed by atoms with Gasteiger partial charge in [-0.1, -0.05) is 33.1 Å². The quantitative estimate of drug-likeness (QED) is 0.635. The molecule has 1 N–H and O–H groups in total. The van der Waals surface area contributed by atoms with Crippen molar-refractivity contribution < 1.29 is 19.4 Å². The van der Waals surface area contributed by atoms with Crippen molar-refractivity contribution in [3.05, 3.63) is 0 Å². The van der Waals surface area contributed by atoms with Crippen molar-refractivity contribution in [3.8, 4) is 0 Å². The Morgan fingerprint density at radius 1 is 1.25 bits per heavy atom. The SMILES string of the molecule is CC[C@H]1CC(=O)[C@@H](C(=O)O[C@@H]2CCCC[C@H]2O)[C@@H]1CC. The van der Waals surface area contributed by atoms with E-state index in [0.29, 0.717) is 25.2 Å². The van der Waals surface area contributed by atoms with Crippen LogP contribution in [0.2, 0.25) is 0 Å². The Balaban J connectivity index is 2.02. The van der Waals surface area contributed by atoms with Gasteiger partial charge in [0.25, 0.3) is 0 Å². The van der Waals surface area contributed by atoms with Crippen LogP contribution in [0.1, 0.15) is 58.8 Å². The molecule has 0 unspecified atom stereocenters. The molecule has 0 aromatic carbocycles. The molecule has 2 saturated carbocycles. The Bertz CT molecular complexity index is 365. The Labute approximate surface area is 120 Å². The Morgan fingerprint density at radius 2 is 1.95 bits per heavy atom. The molecule has 5 atom stereocenters. The number of esters is 1.